The molecule has 2 aromatic rings. The molecule has 2 N–H and O–H groups in total. The first kappa shape index (κ1) is 12.7. The SMILES string of the molecule is CN(Cc1ccc(Cl)s1)c1ncc(Br)cc1N. The summed E-state index contributed by atoms with van der Waals surface area (Å²) in [5.74, 6) is 0.776. The largest absolute Gasteiger partial charge is 0.396 e. The lowest BCUT2D eigenvalue weighted by atomic mass is 10.3. The van der Waals surface area contributed by atoms with E-state index in [1.54, 1.807) is 17.5 Å². The van der Waals surface area contributed by atoms with Gasteiger partial charge in [-0.05, 0) is 34.1 Å². The molecule has 2 aromatic heterocycles. The molecule has 0 radical (unpaired) electrons. The number of rotatable bonds is 3. The van der Waals surface area contributed by atoms with Crippen LogP contribution in [-0.4, -0.2) is 12.0 Å². The lowest BCUT2D eigenvalue weighted by Gasteiger charge is -2.18. The van der Waals surface area contributed by atoms with Gasteiger partial charge in [-0.2, -0.15) is 0 Å². The number of hydrogen-bond donors (Lipinski definition) is 1. The van der Waals surface area contributed by atoms with Crippen molar-refractivity contribution >= 4 is 50.4 Å². The fourth-order valence-electron chi connectivity index (χ4n) is 1.51. The standard InChI is InChI=1S/C11H11BrClN3S/c1-16(6-8-2-3-10(13)17-8)11-9(14)4-7(12)5-15-11/h2-5H,6,14H2,1H3. The van der Waals surface area contributed by atoms with Gasteiger partial charge in [-0.1, -0.05) is 11.6 Å². The number of aromatic nitrogens is 1. The summed E-state index contributed by atoms with van der Waals surface area (Å²) in [6.45, 7) is 0.746. The third kappa shape index (κ3) is 3.12. The zero-order valence-corrected chi connectivity index (χ0v) is 12.3. The van der Waals surface area contributed by atoms with Crippen molar-refractivity contribution in [2.24, 2.45) is 0 Å². The summed E-state index contributed by atoms with van der Waals surface area (Å²) in [4.78, 5) is 7.49. The van der Waals surface area contributed by atoms with Gasteiger partial charge in [0.2, 0.25) is 0 Å². The van der Waals surface area contributed by atoms with Crippen LogP contribution in [0.3, 0.4) is 0 Å². The van der Waals surface area contributed by atoms with Crippen molar-refractivity contribution in [3.63, 3.8) is 0 Å². The van der Waals surface area contributed by atoms with Crippen LogP contribution in [0.15, 0.2) is 28.9 Å². The Morgan fingerprint density at radius 1 is 1.53 bits per heavy atom. The number of halogens is 2. The van der Waals surface area contributed by atoms with E-state index in [-0.39, 0.29) is 0 Å². The van der Waals surface area contributed by atoms with Crippen LogP contribution in [0.2, 0.25) is 4.34 Å². The average Bonchev–Trinajstić information content (AvgIpc) is 2.63. The van der Waals surface area contributed by atoms with Crippen molar-refractivity contribution in [2.45, 2.75) is 6.54 Å². The summed E-state index contributed by atoms with van der Waals surface area (Å²) in [6, 6.07) is 5.76. The Balaban J connectivity index is 2.17. The minimum absolute atomic E-state index is 0.657. The minimum atomic E-state index is 0.657. The predicted octanol–water partition coefficient (Wildman–Crippen LogP) is 3.78. The Hall–Kier alpha value is -0.780. The zero-order chi connectivity index (χ0) is 12.4. The highest BCUT2D eigenvalue weighted by Gasteiger charge is 2.09. The summed E-state index contributed by atoms with van der Waals surface area (Å²) in [5.41, 5.74) is 6.58. The third-order valence-electron chi connectivity index (χ3n) is 2.25. The molecule has 0 unspecified atom stereocenters. The maximum absolute atomic E-state index is 5.92. The van der Waals surface area contributed by atoms with Gasteiger partial charge in [0, 0.05) is 22.6 Å². The van der Waals surface area contributed by atoms with Gasteiger partial charge >= 0.3 is 0 Å². The quantitative estimate of drug-likeness (QED) is 0.930. The molecular weight excluding hydrogens is 322 g/mol. The molecule has 17 heavy (non-hydrogen) atoms. The monoisotopic (exact) mass is 331 g/mol. The van der Waals surface area contributed by atoms with Gasteiger partial charge in [0.25, 0.3) is 0 Å². The smallest absolute Gasteiger partial charge is 0.151 e. The van der Waals surface area contributed by atoms with Crippen LogP contribution in [0.5, 0.6) is 0 Å². The second kappa shape index (κ2) is 5.25. The molecule has 0 aliphatic carbocycles. The number of nitrogens with zero attached hydrogens (tertiary/aromatic N) is 2. The van der Waals surface area contributed by atoms with Crippen molar-refractivity contribution in [3.8, 4) is 0 Å². The van der Waals surface area contributed by atoms with Crippen LogP contribution in [0.1, 0.15) is 4.88 Å². The summed E-state index contributed by atoms with van der Waals surface area (Å²) in [5, 5.41) is 0. The van der Waals surface area contributed by atoms with E-state index in [0.29, 0.717) is 5.69 Å². The highest BCUT2D eigenvalue weighted by Crippen LogP contribution is 2.27. The molecular formula is C11H11BrClN3S. The van der Waals surface area contributed by atoms with Gasteiger partial charge in [0.15, 0.2) is 5.82 Å². The highest BCUT2D eigenvalue weighted by molar-refractivity contribution is 9.10. The Kier molecular flexibility index (Phi) is 3.91. The van der Waals surface area contributed by atoms with Crippen molar-refractivity contribution in [3.05, 3.63) is 38.1 Å². The fraction of sp³-hybridized carbons (Fsp3) is 0.182. The molecule has 0 aliphatic heterocycles. The molecule has 6 heteroatoms. The summed E-state index contributed by atoms with van der Waals surface area (Å²) < 4.78 is 1.68. The van der Waals surface area contributed by atoms with E-state index in [4.69, 9.17) is 17.3 Å². The molecule has 0 aliphatic rings. The second-order valence-electron chi connectivity index (χ2n) is 3.63. The molecule has 2 heterocycles. The molecule has 0 saturated heterocycles. The molecule has 0 aromatic carbocycles. The van der Waals surface area contributed by atoms with Crippen molar-refractivity contribution in [1.82, 2.24) is 4.98 Å². The lowest BCUT2D eigenvalue weighted by molar-refractivity contribution is 0.914. The van der Waals surface area contributed by atoms with Crippen molar-refractivity contribution < 1.29 is 0 Å². The molecule has 0 fully saturated rings. The fourth-order valence-corrected chi connectivity index (χ4v) is 3.00. The van der Waals surface area contributed by atoms with E-state index in [1.807, 2.05) is 30.1 Å². The van der Waals surface area contributed by atoms with E-state index in [2.05, 4.69) is 20.9 Å². The lowest BCUT2D eigenvalue weighted by Crippen LogP contribution is -2.18. The van der Waals surface area contributed by atoms with Gasteiger partial charge in [-0.3, -0.25) is 0 Å². The number of nitrogens with two attached hydrogens (primary N) is 1. The van der Waals surface area contributed by atoms with Gasteiger partial charge in [-0.15, -0.1) is 11.3 Å². The molecule has 0 amide bonds. The maximum atomic E-state index is 5.92. The van der Waals surface area contributed by atoms with Gasteiger partial charge < -0.3 is 10.6 Å². The number of nitrogen functional groups attached to an aromatic ring is 1. The van der Waals surface area contributed by atoms with Crippen LogP contribution < -0.4 is 10.6 Å². The normalized spacial score (nSPS) is 10.5. The zero-order valence-electron chi connectivity index (χ0n) is 9.15. The third-order valence-corrected chi connectivity index (χ3v) is 3.89. The van der Waals surface area contributed by atoms with Crippen molar-refractivity contribution in [2.75, 3.05) is 17.7 Å². The van der Waals surface area contributed by atoms with Crippen LogP contribution in [0, 0.1) is 0 Å². The number of pyridine rings is 1. The van der Waals surface area contributed by atoms with Crippen LogP contribution in [0.4, 0.5) is 11.5 Å². The Morgan fingerprint density at radius 3 is 2.88 bits per heavy atom. The topological polar surface area (TPSA) is 42.2 Å². The molecule has 0 saturated carbocycles. The molecule has 0 spiro atoms. The average molecular weight is 333 g/mol. The van der Waals surface area contributed by atoms with Gasteiger partial charge in [0.1, 0.15) is 0 Å². The predicted molar refractivity (Wildman–Crippen MR) is 77.8 cm³/mol. The van der Waals surface area contributed by atoms with Gasteiger partial charge in [-0.25, -0.2) is 4.98 Å². The number of hydrogen-bond acceptors (Lipinski definition) is 4. The Bertz CT molecular complexity index is 529. The molecule has 90 valence electrons. The summed E-state index contributed by atoms with van der Waals surface area (Å²) in [6.07, 6.45) is 1.74. The highest BCUT2D eigenvalue weighted by atomic mass is 79.9. The first-order valence-electron chi connectivity index (χ1n) is 4.92. The Morgan fingerprint density at radius 2 is 2.29 bits per heavy atom. The summed E-state index contributed by atoms with van der Waals surface area (Å²) >= 11 is 10.8. The van der Waals surface area contributed by atoms with E-state index in [0.717, 1.165) is 21.2 Å². The van der Waals surface area contributed by atoms with E-state index in [9.17, 15) is 0 Å². The van der Waals surface area contributed by atoms with Gasteiger partial charge in [0.05, 0.1) is 16.6 Å². The molecule has 0 atom stereocenters. The first-order valence-corrected chi connectivity index (χ1v) is 6.91. The molecule has 3 nitrogen and oxygen atoms in total. The van der Waals surface area contributed by atoms with E-state index >= 15 is 0 Å². The molecule has 0 bridgehead atoms. The minimum Gasteiger partial charge on any atom is -0.396 e. The number of anilines is 2. The maximum Gasteiger partial charge on any atom is 0.151 e. The van der Waals surface area contributed by atoms with Crippen LogP contribution >= 0.6 is 38.9 Å². The van der Waals surface area contributed by atoms with Crippen LogP contribution in [0.25, 0.3) is 0 Å². The number of thiophene rings is 1. The summed E-state index contributed by atoms with van der Waals surface area (Å²) in [7, 11) is 1.96. The van der Waals surface area contributed by atoms with Crippen LogP contribution in [-0.2, 0) is 6.54 Å². The second-order valence-corrected chi connectivity index (χ2v) is 6.34. The molecule has 2 rings (SSSR count). The first-order chi connectivity index (χ1) is 8.06. The van der Waals surface area contributed by atoms with E-state index in [1.165, 1.54) is 4.88 Å². The Labute approximate surface area is 117 Å². The van der Waals surface area contributed by atoms with E-state index < -0.39 is 0 Å². The van der Waals surface area contributed by atoms with Crippen molar-refractivity contribution in [1.29, 1.82) is 0 Å².